The van der Waals surface area contributed by atoms with Crippen molar-refractivity contribution in [2.45, 2.75) is 71.8 Å². The van der Waals surface area contributed by atoms with Gasteiger partial charge in [-0.2, -0.15) is 0 Å². The summed E-state index contributed by atoms with van der Waals surface area (Å²) in [7, 11) is 0. The van der Waals surface area contributed by atoms with Crippen molar-refractivity contribution in [1.29, 1.82) is 0 Å². The fourth-order valence-corrected chi connectivity index (χ4v) is 1.95. The smallest absolute Gasteiger partial charge is 0.233 e. The van der Waals surface area contributed by atoms with Crippen molar-refractivity contribution in [3.63, 3.8) is 0 Å². The Labute approximate surface area is 111 Å². The minimum atomic E-state index is 0.199. The topological polar surface area (TPSA) is 51.0 Å². The highest BCUT2D eigenvalue weighted by Gasteiger charge is 2.18. The molecule has 0 saturated carbocycles. The molecule has 0 fully saturated rings. The molecule has 2 atom stereocenters. The van der Waals surface area contributed by atoms with Crippen molar-refractivity contribution >= 4 is 0 Å². The summed E-state index contributed by atoms with van der Waals surface area (Å²) in [6, 6.07) is 0.199. The Morgan fingerprint density at radius 2 is 1.83 bits per heavy atom. The Morgan fingerprint density at radius 3 is 2.44 bits per heavy atom. The van der Waals surface area contributed by atoms with E-state index < -0.39 is 0 Å². The van der Waals surface area contributed by atoms with Crippen LogP contribution in [0.3, 0.4) is 0 Å². The summed E-state index contributed by atoms with van der Waals surface area (Å²) in [4.78, 5) is 0. The van der Waals surface area contributed by atoms with Crippen LogP contribution >= 0.6 is 0 Å². The summed E-state index contributed by atoms with van der Waals surface area (Å²) in [5.41, 5.74) is 0. The van der Waals surface area contributed by atoms with Gasteiger partial charge in [0.2, 0.25) is 11.8 Å². The lowest BCUT2D eigenvalue weighted by molar-refractivity contribution is 0.356. The molecule has 2 unspecified atom stereocenters. The van der Waals surface area contributed by atoms with Gasteiger partial charge in [0.1, 0.15) is 0 Å². The van der Waals surface area contributed by atoms with Gasteiger partial charge >= 0.3 is 0 Å². The standard InChI is InChI=1S/C14H27N3O/c1-5-8-9-11(4)13-16-17-14(18-13)12(7-3)15-10-6-2/h11-12,15H,5-10H2,1-4H3. The molecule has 0 saturated heterocycles. The van der Waals surface area contributed by atoms with Gasteiger partial charge in [-0.25, -0.2) is 0 Å². The van der Waals surface area contributed by atoms with E-state index in [1.54, 1.807) is 0 Å². The molecule has 0 aliphatic heterocycles. The first-order valence-electron chi connectivity index (χ1n) is 7.29. The zero-order chi connectivity index (χ0) is 13.4. The van der Waals surface area contributed by atoms with E-state index in [-0.39, 0.29) is 6.04 Å². The van der Waals surface area contributed by atoms with Gasteiger partial charge in [0.25, 0.3) is 0 Å². The summed E-state index contributed by atoms with van der Waals surface area (Å²) in [6.45, 7) is 9.65. The summed E-state index contributed by atoms with van der Waals surface area (Å²) in [6.07, 6.45) is 5.64. The summed E-state index contributed by atoms with van der Waals surface area (Å²) in [5.74, 6) is 1.90. The molecule has 0 aliphatic carbocycles. The lowest BCUT2D eigenvalue weighted by Gasteiger charge is -2.11. The zero-order valence-corrected chi connectivity index (χ0v) is 12.2. The molecule has 1 N–H and O–H groups in total. The molecule has 4 heteroatoms. The van der Waals surface area contributed by atoms with Crippen LogP contribution in [0.5, 0.6) is 0 Å². The van der Waals surface area contributed by atoms with E-state index in [1.165, 1.54) is 12.8 Å². The van der Waals surface area contributed by atoms with E-state index in [0.717, 1.165) is 37.6 Å². The first-order valence-corrected chi connectivity index (χ1v) is 7.29. The van der Waals surface area contributed by atoms with Crippen molar-refractivity contribution in [3.05, 3.63) is 11.8 Å². The third-order valence-electron chi connectivity index (χ3n) is 3.22. The molecular weight excluding hydrogens is 226 g/mol. The Kier molecular flexibility index (Phi) is 6.94. The second-order valence-electron chi connectivity index (χ2n) is 4.94. The number of rotatable bonds is 9. The maximum Gasteiger partial charge on any atom is 0.233 e. The molecule has 0 radical (unpaired) electrons. The van der Waals surface area contributed by atoms with Gasteiger partial charge < -0.3 is 9.73 Å². The third kappa shape index (κ3) is 4.41. The quantitative estimate of drug-likeness (QED) is 0.727. The highest BCUT2D eigenvalue weighted by molar-refractivity contribution is 4.93. The minimum absolute atomic E-state index is 0.199. The van der Waals surface area contributed by atoms with Crippen molar-refractivity contribution in [2.75, 3.05) is 6.54 Å². The number of unbranched alkanes of at least 4 members (excludes halogenated alkanes) is 1. The molecule has 1 aromatic heterocycles. The van der Waals surface area contributed by atoms with Crippen LogP contribution in [-0.2, 0) is 0 Å². The fourth-order valence-electron chi connectivity index (χ4n) is 1.95. The molecule has 0 aliphatic rings. The lowest BCUT2D eigenvalue weighted by atomic mass is 10.1. The van der Waals surface area contributed by atoms with Gasteiger partial charge in [-0.15, -0.1) is 10.2 Å². The van der Waals surface area contributed by atoms with E-state index in [0.29, 0.717) is 5.92 Å². The second kappa shape index (κ2) is 8.25. The molecule has 0 amide bonds. The van der Waals surface area contributed by atoms with Gasteiger partial charge in [0.05, 0.1) is 6.04 Å². The Morgan fingerprint density at radius 1 is 1.11 bits per heavy atom. The molecular formula is C14H27N3O. The highest BCUT2D eigenvalue weighted by Crippen LogP contribution is 2.23. The monoisotopic (exact) mass is 253 g/mol. The van der Waals surface area contributed by atoms with Crippen molar-refractivity contribution in [2.24, 2.45) is 0 Å². The van der Waals surface area contributed by atoms with Crippen molar-refractivity contribution in [3.8, 4) is 0 Å². The van der Waals surface area contributed by atoms with Crippen LogP contribution in [-0.4, -0.2) is 16.7 Å². The Balaban J connectivity index is 2.59. The van der Waals surface area contributed by atoms with Crippen LogP contribution in [0.15, 0.2) is 4.42 Å². The van der Waals surface area contributed by atoms with E-state index in [1.807, 2.05) is 0 Å². The van der Waals surface area contributed by atoms with Gasteiger partial charge in [-0.3, -0.25) is 0 Å². The van der Waals surface area contributed by atoms with Crippen molar-refractivity contribution < 1.29 is 4.42 Å². The number of aromatic nitrogens is 2. The maximum atomic E-state index is 5.81. The highest BCUT2D eigenvalue weighted by atomic mass is 16.4. The third-order valence-corrected chi connectivity index (χ3v) is 3.22. The van der Waals surface area contributed by atoms with E-state index in [2.05, 4.69) is 43.2 Å². The summed E-state index contributed by atoms with van der Waals surface area (Å²) in [5, 5.41) is 11.8. The Hall–Kier alpha value is -0.900. The van der Waals surface area contributed by atoms with Gasteiger partial charge in [-0.05, 0) is 25.8 Å². The normalized spacial score (nSPS) is 14.7. The van der Waals surface area contributed by atoms with E-state index >= 15 is 0 Å². The minimum Gasteiger partial charge on any atom is -0.423 e. The van der Waals surface area contributed by atoms with Crippen molar-refractivity contribution in [1.82, 2.24) is 15.5 Å². The van der Waals surface area contributed by atoms with E-state index in [9.17, 15) is 0 Å². The first-order chi connectivity index (χ1) is 8.72. The zero-order valence-electron chi connectivity index (χ0n) is 12.2. The SMILES string of the molecule is CCCCC(C)c1nnc(C(CC)NCCC)o1. The number of hydrogen-bond donors (Lipinski definition) is 1. The molecule has 1 aromatic rings. The average molecular weight is 253 g/mol. The molecule has 1 heterocycles. The van der Waals surface area contributed by atoms with E-state index in [4.69, 9.17) is 4.42 Å². The molecule has 104 valence electrons. The number of nitrogens with one attached hydrogen (secondary N) is 1. The lowest BCUT2D eigenvalue weighted by Crippen LogP contribution is -2.21. The van der Waals surface area contributed by atoms with Crippen LogP contribution in [0.2, 0.25) is 0 Å². The van der Waals surface area contributed by atoms with Crippen LogP contribution < -0.4 is 5.32 Å². The predicted octanol–water partition coefficient (Wildman–Crippen LogP) is 3.81. The molecule has 0 spiro atoms. The molecule has 1 rings (SSSR count). The molecule has 4 nitrogen and oxygen atoms in total. The van der Waals surface area contributed by atoms with Crippen LogP contribution in [0, 0.1) is 0 Å². The van der Waals surface area contributed by atoms with Gasteiger partial charge in [-0.1, -0.05) is 40.5 Å². The van der Waals surface area contributed by atoms with Crippen LogP contribution in [0.25, 0.3) is 0 Å². The van der Waals surface area contributed by atoms with Gasteiger partial charge in [0, 0.05) is 5.92 Å². The number of nitrogens with zero attached hydrogens (tertiary/aromatic N) is 2. The van der Waals surface area contributed by atoms with Gasteiger partial charge in [0.15, 0.2) is 0 Å². The summed E-state index contributed by atoms with van der Waals surface area (Å²) >= 11 is 0. The first kappa shape index (κ1) is 15.2. The fraction of sp³-hybridized carbons (Fsp3) is 0.857. The van der Waals surface area contributed by atoms with Crippen LogP contribution in [0.4, 0.5) is 0 Å². The maximum absolute atomic E-state index is 5.81. The Bertz CT molecular complexity index is 325. The number of hydrogen-bond acceptors (Lipinski definition) is 4. The molecule has 0 aromatic carbocycles. The van der Waals surface area contributed by atoms with Crippen LogP contribution in [0.1, 0.15) is 83.5 Å². The average Bonchev–Trinajstić information content (AvgIpc) is 2.86. The second-order valence-corrected chi connectivity index (χ2v) is 4.94. The molecule has 0 bridgehead atoms. The largest absolute Gasteiger partial charge is 0.423 e. The predicted molar refractivity (Wildman–Crippen MR) is 73.6 cm³/mol. The molecule has 18 heavy (non-hydrogen) atoms. The summed E-state index contributed by atoms with van der Waals surface area (Å²) < 4.78 is 5.81.